The molecule has 0 spiro atoms. The van der Waals surface area contributed by atoms with Crippen molar-refractivity contribution in [2.24, 2.45) is 16.6 Å². The molecule has 1 unspecified atom stereocenters. The Bertz CT molecular complexity index is 273. The maximum Gasteiger partial charge on any atom is 0.237 e. The fraction of sp³-hybridized carbons (Fsp3) is 0.923. The molecule has 3 N–H and O–H groups in total. The van der Waals surface area contributed by atoms with Crippen LogP contribution in [-0.4, -0.2) is 31.7 Å². The molecule has 0 aliphatic heterocycles. The van der Waals surface area contributed by atoms with Gasteiger partial charge in [-0.25, -0.2) is 0 Å². The lowest BCUT2D eigenvalue weighted by atomic mass is 10.0. The van der Waals surface area contributed by atoms with Gasteiger partial charge in [-0.1, -0.05) is 27.7 Å². The van der Waals surface area contributed by atoms with Crippen LogP contribution in [0.4, 0.5) is 0 Å². The predicted molar refractivity (Wildman–Crippen MR) is 68.6 cm³/mol. The molecule has 1 saturated carbocycles. The van der Waals surface area contributed by atoms with Gasteiger partial charge < -0.3 is 15.8 Å². The van der Waals surface area contributed by atoms with E-state index in [1.54, 1.807) is 7.11 Å². The van der Waals surface area contributed by atoms with E-state index in [-0.39, 0.29) is 22.8 Å². The van der Waals surface area contributed by atoms with Crippen LogP contribution in [0.1, 0.15) is 40.5 Å². The van der Waals surface area contributed by atoms with E-state index in [1.165, 1.54) is 0 Å². The fourth-order valence-corrected chi connectivity index (χ4v) is 2.39. The van der Waals surface area contributed by atoms with Crippen LogP contribution < -0.4 is 11.1 Å². The standard InChI is InChI=1S/C13H26N2O2/c1-12(2)11(13(12,3)4)15-10(16)9(14)7-6-8-17-5/h9,11H,6-8,14H2,1-5H3,(H,15,16). The van der Waals surface area contributed by atoms with E-state index in [4.69, 9.17) is 10.5 Å². The van der Waals surface area contributed by atoms with Crippen molar-refractivity contribution < 1.29 is 9.53 Å². The molecule has 17 heavy (non-hydrogen) atoms. The van der Waals surface area contributed by atoms with Gasteiger partial charge in [0.15, 0.2) is 0 Å². The van der Waals surface area contributed by atoms with Gasteiger partial charge in [-0.05, 0) is 23.7 Å². The SMILES string of the molecule is COCCCC(N)C(=O)NC1C(C)(C)C1(C)C. The lowest BCUT2D eigenvalue weighted by Gasteiger charge is -2.13. The molecule has 1 atom stereocenters. The molecular weight excluding hydrogens is 216 g/mol. The van der Waals surface area contributed by atoms with Crippen LogP contribution in [0, 0.1) is 10.8 Å². The first-order valence-corrected chi connectivity index (χ1v) is 6.30. The summed E-state index contributed by atoms with van der Waals surface area (Å²) in [5.41, 5.74) is 6.17. The van der Waals surface area contributed by atoms with Crippen molar-refractivity contribution in [3.63, 3.8) is 0 Å². The lowest BCUT2D eigenvalue weighted by Crippen LogP contribution is -2.43. The highest BCUT2D eigenvalue weighted by atomic mass is 16.5. The third-order valence-electron chi connectivity index (χ3n) is 4.51. The first kappa shape index (κ1) is 14.5. The number of hydrogen-bond acceptors (Lipinski definition) is 3. The molecule has 100 valence electrons. The molecule has 0 heterocycles. The molecule has 0 bridgehead atoms. The molecule has 4 heteroatoms. The van der Waals surface area contributed by atoms with Gasteiger partial charge >= 0.3 is 0 Å². The van der Waals surface area contributed by atoms with E-state index in [1.807, 2.05) is 0 Å². The van der Waals surface area contributed by atoms with E-state index in [9.17, 15) is 4.79 Å². The number of rotatable bonds is 6. The predicted octanol–water partition coefficient (Wildman–Crippen LogP) is 1.29. The molecule has 0 aromatic heterocycles. The summed E-state index contributed by atoms with van der Waals surface area (Å²) in [7, 11) is 1.65. The largest absolute Gasteiger partial charge is 0.385 e. The van der Waals surface area contributed by atoms with E-state index < -0.39 is 6.04 Å². The van der Waals surface area contributed by atoms with Crippen molar-refractivity contribution in [1.82, 2.24) is 5.32 Å². The van der Waals surface area contributed by atoms with Gasteiger partial charge in [0, 0.05) is 19.8 Å². The third-order valence-corrected chi connectivity index (χ3v) is 4.51. The van der Waals surface area contributed by atoms with Crippen LogP contribution in [0.3, 0.4) is 0 Å². The summed E-state index contributed by atoms with van der Waals surface area (Å²) in [5, 5.41) is 3.06. The number of amides is 1. The molecule has 0 aromatic rings. The van der Waals surface area contributed by atoms with E-state index in [0.717, 1.165) is 6.42 Å². The summed E-state index contributed by atoms with van der Waals surface area (Å²) in [6.07, 6.45) is 1.50. The van der Waals surface area contributed by atoms with Crippen LogP contribution >= 0.6 is 0 Å². The molecule has 0 saturated heterocycles. The molecular formula is C13H26N2O2. The van der Waals surface area contributed by atoms with Crippen molar-refractivity contribution in [2.75, 3.05) is 13.7 Å². The van der Waals surface area contributed by atoms with Crippen molar-refractivity contribution in [1.29, 1.82) is 0 Å². The molecule has 1 aliphatic rings. The van der Waals surface area contributed by atoms with E-state index in [2.05, 4.69) is 33.0 Å². The van der Waals surface area contributed by atoms with Gasteiger partial charge in [0.25, 0.3) is 0 Å². The first-order valence-electron chi connectivity index (χ1n) is 6.30. The second-order valence-electron chi connectivity index (χ2n) is 6.13. The zero-order valence-corrected chi connectivity index (χ0v) is 11.7. The Labute approximate surface area is 104 Å². The van der Waals surface area contributed by atoms with E-state index >= 15 is 0 Å². The minimum atomic E-state index is -0.419. The number of nitrogens with one attached hydrogen (secondary N) is 1. The lowest BCUT2D eigenvalue weighted by molar-refractivity contribution is -0.123. The van der Waals surface area contributed by atoms with Crippen LogP contribution in [-0.2, 0) is 9.53 Å². The van der Waals surface area contributed by atoms with Crippen LogP contribution in [0.2, 0.25) is 0 Å². The fourth-order valence-electron chi connectivity index (χ4n) is 2.39. The Hall–Kier alpha value is -0.610. The van der Waals surface area contributed by atoms with Crippen molar-refractivity contribution in [3.8, 4) is 0 Å². The van der Waals surface area contributed by atoms with Gasteiger partial charge in [0.05, 0.1) is 6.04 Å². The maximum atomic E-state index is 11.9. The van der Waals surface area contributed by atoms with Crippen LogP contribution in [0.25, 0.3) is 0 Å². The summed E-state index contributed by atoms with van der Waals surface area (Å²) < 4.78 is 4.94. The second kappa shape index (κ2) is 4.94. The number of nitrogens with two attached hydrogens (primary N) is 1. The van der Waals surface area contributed by atoms with Crippen LogP contribution in [0.5, 0.6) is 0 Å². The summed E-state index contributed by atoms with van der Waals surface area (Å²) in [4.78, 5) is 11.9. The number of ether oxygens (including phenoxy) is 1. The Morgan fingerprint density at radius 1 is 1.35 bits per heavy atom. The highest BCUT2D eigenvalue weighted by Crippen LogP contribution is 2.62. The average Bonchev–Trinajstić information content (AvgIpc) is 2.61. The molecule has 1 fully saturated rings. The molecule has 0 aromatic carbocycles. The van der Waals surface area contributed by atoms with Gasteiger partial charge in [-0.15, -0.1) is 0 Å². The second-order valence-corrected chi connectivity index (χ2v) is 6.13. The molecule has 1 aliphatic carbocycles. The van der Waals surface area contributed by atoms with Crippen molar-refractivity contribution in [3.05, 3.63) is 0 Å². The number of hydrogen-bond donors (Lipinski definition) is 2. The first-order chi connectivity index (χ1) is 7.75. The molecule has 0 radical (unpaired) electrons. The normalized spacial score (nSPS) is 23.2. The third kappa shape index (κ3) is 2.80. The highest BCUT2D eigenvalue weighted by Gasteiger charge is 2.65. The van der Waals surface area contributed by atoms with Crippen LogP contribution in [0.15, 0.2) is 0 Å². The van der Waals surface area contributed by atoms with Gasteiger partial charge in [0.1, 0.15) is 0 Å². The van der Waals surface area contributed by atoms with Gasteiger partial charge in [-0.3, -0.25) is 4.79 Å². The summed E-state index contributed by atoms with van der Waals surface area (Å²) in [6.45, 7) is 9.35. The van der Waals surface area contributed by atoms with Gasteiger partial charge in [-0.2, -0.15) is 0 Å². The zero-order valence-electron chi connectivity index (χ0n) is 11.7. The maximum absolute atomic E-state index is 11.9. The topological polar surface area (TPSA) is 64.3 Å². The number of carbonyl (C=O) groups is 1. The number of methoxy groups -OCH3 is 1. The molecule has 1 rings (SSSR count). The Morgan fingerprint density at radius 3 is 2.29 bits per heavy atom. The molecule has 4 nitrogen and oxygen atoms in total. The smallest absolute Gasteiger partial charge is 0.237 e. The minimum absolute atomic E-state index is 0.0373. The average molecular weight is 242 g/mol. The Kier molecular flexibility index (Phi) is 4.20. The van der Waals surface area contributed by atoms with Crippen molar-refractivity contribution in [2.45, 2.75) is 52.6 Å². The quantitative estimate of drug-likeness (QED) is 0.690. The van der Waals surface area contributed by atoms with Crippen molar-refractivity contribution >= 4 is 5.91 Å². The van der Waals surface area contributed by atoms with Gasteiger partial charge in [0.2, 0.25) is 5.91 Å². The Balaban J connectivity index is 2.36. The van der Waals surface area contributed by atoms with E-state index in [0.29, 0.717) is 13.0 Å². The summed E-state index contributed by atoms with van der Waals surface area (Å²) >= 11 is 0. The minimum Gasteiger partial charge on any atom is -0.385 e. The zero-order chi connectivity index (χ0) is 13.3. The Morgan fingerprint density at radius 2 is 1.88 bits per heavy atom. The summed E-state index contributed by atoms with van der Waals surface area (Å²) in [6, 6.07) is -0.187. The summed E-state index contributed by atoms with van der Waals surface area (Å²) in [5.74, 6) is -0.0373. The molecule has 1 amide bonds. The monoisotopic (exact) mass is 242 g/mol. The highest BCUT2D eigenvalue weighted by molar-refractivity contribution is 5.82. The number of carbonyl (C=O) groups excluding carboxylic acids is 1.